The van der Waals surface area contributed by atoms with Crippen molar-refractivity contribution in [2.75, 3.05) is 56.6 Å². The van der Waals surface area contributed by atoms with Crippen LogP contribution in [0.4, 0.5) is 15.8 Å². The van der Waals surface area contributed by atoms with Gasteiger partial charge in [0.2, 0.25) is 0 Å². The highest BCUT2D eigenvalue weighted by atomic mass is 19.1. The fraction of sp³-hybridized carbons (Fsp3) is 0.296. The lowest BCUT2D eigenvalue weighted by molar-refractivity contribution is 0.0929. The monoisotopic (exact) mass is 446 g/mol. The fourth-order valence-electron chi connectivity index (χ4n) is 4.30. The van der Waals surface area contributed by atoms with Crippen LogP contribution >= 0.6 is 0 Å². The highest BCUT2D eigenvalue weighted by molar-refractivity contribution is 5.94. The first-order valence-corrected chi connectivity index (χ1v) is 11.4. The molecule has 0 spiro atoms. The van der Waals surface area contributed by atoms with E-state index in [-0.39, 0.29) is 11.9 Å². The van der Waals surface area contributed by atoms with Crippen molar-refractivity contribution < 1.29 is 9.18 Å². The second-order valence-corrected chi connectivity index (χ2v) is 8.58. The van der Waals surface area contributed by atoms with Crippen LogP contribution in [0.15, 0.2) is 78.9 Å². The predicted octanol–water partition coefficient (Wildman–Crippen LogP) is 4.19. The zero-order chi connectivity index (χ0) is 23.2. The molecule has 0 aliphatic carbocycles. The van der Waals surface area contributed by atoms with E-state index in [0.717, 1.165) is 37.4 Å². The van der Waals surface area contributed by atoms with Crippen molar-refractivity contribution >= 4 is 17.3 Å². The number of nitrogens with one attached hydrogen (secondary N) is 1. The zero-order valence-corrected chi connectivity index (χ0v) is 19.2. The first-order chi connectivity index (χ1) is 16.0. The van der Waals surface area contributed by atoms with E-state index in [4.69, 9.17) is 0 Å². The Balaban J connectivity index is 1.48. The van der Waals surface area contributed by atoms with Crippen LogP contribution < -0.4 is 15.1 Å². The summed E-state index contributed by atoms with van der Waals surface area (Å²) >= 11 is 0. The maximum atomic E-state index is 13.6. The van der Waals surface area contributed by atoms with Gasteiger partial charge in [-0.05, 0) is 48.0 Å². The summed E-state index contributed by atoms with van der Waals surface area (Å²) in [5.74, 6) is -0.664. The molecule has 1 amide bonds. The number of halogens is 1. The van der Waals surface area contributed by atoms with Crippen LogP contribution in [0.2, 0.25) is 0 Å². The molecule has 0 aromatic heterocycles. The molecule has 0 unspecified atom stereocenters. The van der Waals surface area contributed by atoms with E-state index in [1.165, 1.54) is 17.8 Å². The molecule has 4 rings (SSSR count). The highest BCUT2D eigenvalue weighted by Gasteiger charge is 2.26. The number of hydrogen-bond acceptors (Lipinski definition) is 4. The Kier molecular flexibility index (Phi) is 7.25. The molecule has 1 saturated heterocycles. The van der Waals surface area contributed by atoms with Crippen LogP contribution in [0.3, 0.4) is 0 Å². The third-order valence-electron chi connectivity index (χ3n) is 6.21. The minimum absolute atomic E-state index is 0.0386. The van der Waals surface area contributed by atoms with Gasteiger partial charge in [-0.25, -0.2) is 4.39 Å². The van der Waals surface area contributed by atoms with Gasteiger partial charge >= 0.3 is 0 Å². The molecular formula is C27H31FN4O. The van der Waals surface area contributed by atoms with E-state index in [9.17, 15) is 9.18 Å². The van der Waals surface area contributed by atoms with Crippen LogP contribution in [-0.4, -0.2) is 57.6 Å². The van der Waals surface area contributed by atoms with Crippen molar-refractivity contribution in [2.45, 2.75) is 6.04 Å². The minimum Gasteiger partial charge on any atom is -0.378 e. The zero-order valence-electron chi connectivity index (χ0n) is 19.2. The molecule has 0 radical (unpaired) electrons. The Morgan fingerprint density at radius 1 is 0.939 bits per heavy atom. The first kappa shape index (κ1) is 22.8. The normalized spacial score (nSPS) is 15.2. The van der Waals surface area contributed by atoms with E-state index >= 15 is 0 Å². The molecule has 0 bridgehead atoms. The topological polar surface area (TPSA) is 38.8 Å². The molecule has 1 fully saturated rings. The van der Waals surface area contributed by atoms with Gasteiger partial charge in [0.25, 0.3) is 5.91 Å². The molecule has 3 aromatic carbocycles. The SMILES string of the molecule is CN(C)c1ccc([C@H](CNC(=O)c2cccc(F)c2)N2CCN(c3ccccc3)CC2)cc1. The number of piperazine rings is 1. The number of nitrogens with zero attached hydrogens (tertiary/aromatic N) is 3. The molecule has 1 aliphatic rings. The molecule has 6 heteroatoms. The molecule has 1 atom stereocenters. The van der Waals surface area contributed by atoms with Crippen LogP contribution in [0.25, 0.3) is 0 Å². The van der Waals surface area contributed by atoms with Crippen molar-refractivity contribution in [3.05, 3.63) is 95.8 Å². The van der Waals surface area contributed by atoms with E-state index < -0.39 is 5.82 Å². The van der Waals surface area contributed by atoms with Crippen LogP contribution in [-0.2, 0) is 0 Å². The number of anilines is 2. The van der Waals surface area contributed by atoms with Gasteiger partial charge in [-0.2, -0.15) is 0 Å². The average Bonchev–Trinajstić information content (AvgIpc) is 2.85. The Bertz CT molecular complexity index is 1050. The van der Waals surface area contributed by atoms with Crippen molar-refractivity contribution in [3.8, 4) is 0 Å². The summed E-state index contributed by atoms with van der Waals surface area (Å²) < 4.78 is 13.6. The second kappa shape index (κ2) is 10.5. The van der Waals surface area contributed by atoms with Gasteiger partial charge in [0.15, 0.2) is 0 Å². The van der Waals surface area contributed by atoms with Crippen LogP contribution in [0.1, 0.15) is 22.0 Å². The maximum Gasteiger partial charge on any atom is 0.251 e. The summed E-state index contributed by atoms with van der Waals surface area (Å²) in [6.07, 6.45) is 0. The van der Waals surface area contributed by atoms with Gasteiger partial charge in [-0.1, -0.05) is 36.4 Å². The summed E-state index contributed by atoms with van der Waals surface area (Å²) in [5, 5.41) is 3.03. The van der Waals surface area contributed by atoms with Crippen LogP contribution in [0.5, 0.6) is 0 Å². The molecule has 1 N–H and O–H groups in total. The molecule has 172 valence electrons. The molecule has 5 nitrogen and oxygen atoms in total. The lowest BCUT2D eigenvalue weighted by atomic mass is 10.0. The molecule has 0 saturated carbocycles. The number of hydrogen-bond donors (Lipinski definition) is 1. The highest BCUT2D eigenvalue weighted by Crippen LogP contribution is 2.26. The quantitative estimate of drug-likeness (QED) is 0.591. The standard InChI is InChI=1S/C27H31FN4O/c1-30(2)24-13-11-21(12-14-24)26(20-29-27(33)22-7-6-8-23(28)19-22)32-17-15-31(16-18-32)25-9-4-3-5-10-25/h3-14,19,26H,15-18,20H2,1-2H3,(H,29,33)/t26-/m0/s1. The van der Waals surface area contributed by atoms with E-state index in [2.05, 4.69) is 68.5 Å². The number of benzene rings is 3. The number of carbonyl (C=O) groups excluding carboxylic acids is 1. The third-order valence-corrected chi connectivity index (χ3v) is 6.21. The maximum absolute atomic E-state index is 13.6. The van der Waals surface area contributed by atoms with Gasteiger partial charge in [-0.3, -0.25) is 9.69 Å². The van der Waals surface area contributed by atoms with Gasteiger partial charge in [0, 0.05) is 63.8 Å². The van der Waals surface area contributed by atoms with Gasteiger partial charge in [0.1, 0.15) is 5.82 Å². The predicted molar refractivity (Wildman–Crippen MR) is 132 cm³/mol. The summed E-state index contributed by atoms with van der Waals surface area (Å²) in [7, 11) is 4.04. The first-order valence-electron chi connectivity index (χ1n) is 11.4. The van der Waals surface area contributed by atoms with Crippen molar-refractivity contribution in [1.82, 2.24) is 10.2 Å². The lowest BCUT2D eigenvalue weighted by Gasteiger charge is -2.40. The van der Waals surface area contributed by atoms with E-state index in [0.29, 0.717) is 12.1 Å². The van der Waals surface area contributed by atoms with E-state index in [1.54, 1.807) is 12.1 Å². The Morgan fingerprint density at radius 3 is 2.27 bits per heavy atom. The van der Waals surface area contributed by atoms with Crippen LogP contribution in [0, 0.1) is 5.82 Å². The number of amides is 1. The van der Waals surface area contributed by atoms with Gasteiger partial charge < -0.3 is 15.1 Å². The third kappa shape index (κ3) is 5.71. The minimum atomic E-state index is -0.407. The number of carbonyl (C=O) groups is 1. The fourth-order valence-corrected chi connectivity index (χ4v) is 4.30. The summed E-state index contributed by atoms with van der Waals surface area (Å²) in [4.78, 5) is 19.6. The average molecular weight is 447 g/mol. The van der Waals surface area contributed by atoms with E-state index in [1.807, 2.05) is 20.2 Å². The molecule has 3 aromatic rings. The lowest BCUT2D eigenvalue weighted by Crippen LogP contribution is -2.50. The Labute approximate surface area is 195 Å². The molecular weight excluding hydrogens is 415 g/mol. The summed E-state index contributed by atoms with van der Waals surface area (Å²) in [6, 6.07) is 24.8. The Hall–Kier alpha value is -3.38. The van der Waals surface area contributed by atoms with Gasteiger partial charge in [0.05, 0.1) is 6.04 Å². The summed E-state index contributed by atoms with van der Waals surface area (Å²) in [6.45, 7) is 4.10. The number of rotatable bonds is 7. The van der Waals surface area contributed by atoms with Crippen molar-refractivity contribution in [2.24, 2.45) is 0 Å². The summed E-state index contributed by atoms with van der Waals surface area (Å²) in [5.41, 5.74) is 3.87. The second-order valence-electron chi connectivity index (χ2n) is 8.58. The number of para-hydroxylation sites is 1. The largest absolute Gasteiger partial charge is 0.378 e. The molecule has 1 heterocycles. The van der Waals surface area contributed by atoms with Crippen molar-refractivity contribution in [3.63, 3.8) is 0 Å². The smallest absolute Gasteiger partial charge is 0.251 e. The molecule has 1 aliphatic heterocycles. The van der Waals surface area contributed by atoms with Gasteiger partial charge in [-0.15, -0.1) is 0 Å². The Morgan fingerprint density at radius 2 is 1.64 bits per heavy atom. The molecule has 33 heavy (non-hydrogen) atoms. The van der Waals surface area contributed by atoms with Crippen molar-refractivity contribution in [1.29, 1.82) is 0 Å².